The van der Waals surface area contributed by atoms with Gasteiger partial charge in [0.05, 0.1) is 13.7 Å². The van der Waals surface area contributed by atoms with Gasteiger partial charge in [0.2, 0.25) is 0 Å². The lowest BCUT2D eigenvalue weighted by molar-refractivity contribution is 0.0513. The standard InChI is InChI=1S/C24H33N3O3.HI/c1-4-30-21-11-9-20(10-12-21)24(13-15-29-16-14-24)18-27-23(25-2)26-17-19-7-5-6-8-22(19)28-3;/h5-12H,4,13-18H2,1-3H3,(H2,25,26,27);1H. The molecule has 1 fully saturated rings. The second kappa shape index (κ2) is 12.8. The summed E-state index contributed by atoms with van der Waals surface area (Å²) in [7, 11) is 3.49. The van der Waals surface area contributed by atoms with Crippen LogP contribution in [0.15, 0.2) is 53.5 Å². The molecule has 0 unspecified atom stereocenters. The van der Waals surface area contributed by atoms with Gasteiger partial charge in [-0.05, 0) is 43.5 Å². The van der Waals surface area contributed by atoms with Gasteiger partial charge in [0, 0.05) is 44.3 Å². The quantitative estimate of drug-likeness (QED) is 0.300. The highest BCUT2D eigenvalue weighted by atomic mass is 127. The predicted molar refractivity (Wildman–Crippen MR) is 136 cm³/mol. The number of halogens is 1. The molecule has 6 nitrogen and oxygen atoms in total. The van der Waals surface area contributed by atoms with Crippen molar-refractivity contribution in [3.8, 4) is 11.5 Å². The zero-order valence-corrected chi connectivity index (χ0v) is 21.0. The maximum absolute atomic E-state index is 5.66. The van der Waals surface area contributed by atoms with E-state index in [9.17, 15) is 0 Å². The Balaban J connectivity index is 0.00000341. The molecule has 0 aromatic heterocycles. The van der Waals surface area contributed by atoms with Crippen molar-refractivity contribution in [1.82, 2.24) is 10.6 Å². The highest BCUT2D eigenvalue weighted by Crippen LogP contribution is 2.35. The van der Waals surface area contributed by atoms with Gasteiger partial charge in [-0.15, -0.1) is 24.0 Å². The topological polar surface area (TPSA) is 64.1 Å². The minimum absolute atomic E-state index is 0. The molecule has 0 spiro atoms. The van der Waals surface area contributed by atoms with Crippen LogP contribution in [0.2, 0.25) is 0 Å². The van der Waals surface area contributed by atoms with Crippen LogP contribution in [0, 0.1) is 0 Å². The molecule has 2 aromatic carbocycles. The van der Waals surface area contributed by atoms with E-state index >= 15 is 0 Å². The summed E-state index contributed by atoms with van der Waals surface area (Å²) >= 11 is 0. The average molecular weight is 539 g/mol. The molecule has 0 bridgehead atoms. The van der Waals surface area contributed by atoms with Crippen LogP contribution in [0.3, 0.4) is 0 Å². The maximum atomic E-state index is 5.66. The fourth-order valence-electron chi connectivity index (χ4n) is 3.90. The summed E-state index contributed by atoms with van der Waals surface area (Å²) < 4.78 is 16.7. The van der Waals surface area contributed by atoms with Crippen LogP contribution in [-0.4, -0.2) is 46.5 Å². The number of benzene rings is 2. The van der Waals surface area contributed by atoms with Gasteiger partial charge in [0.1, 0.15) is 11.5 Å². The van der Waals surface area contributed by atoms with E-state index in [0.29, 0.717) is 13.2 Å². The molecule has 0 saturated carbocycles. The number of rotatable bonds is 8. The molecule has 1 aliphatic heterocycles. The minimum Gasteiger partial charge on any atom is -0.496 e. The lowest BCUT2D eigenvalue weighted by Gasteiger charge is -2.38. The Kier molecular flexibility index (Phi) is 10.4. The Labute approximate surface area is 202 Å². The van der Waals surface area contributed by atoms with Gasteiger partial charge in [-0.3, -0.25) is 4.99 Å². The first-order valence-electron chi connectivity index (χ1n) is 10.6. The van der Waals surface area contributed by atoms with Crippen LogP contribution in [0.25, 0.3) is 0 Å². The van der Waals surface area contributed by atoms with Crippen LogP contribution in [0.1, 0.15) is 30.9 Å². The Morgan fingerprint density at radius 2 is 1.77 bits per heavy atom. The van der Waals surface area contributed by atoms with Crippen molar-refractivity contribution >= 4 is 29.9 Å². The van der Waals surface area contributed by atoms with E-state index in [-0.39, 0.29) is 29.4 Å². The van der Waals surface area contributed by atoms with Crippen LogP contribution in [0.5, 0.6) is 11.5 Å². The normalized spacial score (nSPS) is 15.5. The zero-order valence-electron chi connectivity index (χ0n) is 18.6. The molecule has 1 heterocycles. The van der Waals surface area contributed by atoms with E-state index in [1.807, 2.05) is 25.1 Å². The predicted octanol–water partition coefficient (Wildman–Crippen LogP) is 4.13. The Morgan fingerprint density at radius 3 is 2.42 bits per heavy atom. The summed E-state index contributed by atoms with van der Waals surface area (Å²) in [5.41, 5.74) is 2.41. The van der Waals surface area contributed by atoms with Gasteiger partial charge < -0.3 is 24.8 Å². The number of guanidine groups is 1. The number of nitrogens with zero attached hydrogens (tertiary/aromatic N) is 1. The Bertz CT molecular complexity index is 821. The van der Waals surface area contributed by atoms with Gasteiger partial charge in [-0.2, -0.15) is 0 Å². The van der Waals surface area contributed by atoms with Crippen LogP contribution >= 0.6 is 24.0 Å². The van der Waals surface area contributed by atoms with Gasteiger partial charge in [-0.1, -0.05) is 30.3 Å². The van der Waals surface area contributed by atoms with Gasteiger partial charge in [0.15, 0.2) is 5.96 Å². The number of para-hydroxylation sites is 1. The molecule has 0 amide bonds. The van der Waals surface area contributed by atoms with E-state index in [1.54, 1.807) is 14.2 Å². The largest absolute Gasteiger partial charge is 0.496 e. The zero-order chi connectivity index (χ0) is 21.2. The SMILES string of the molecule is CCOc1ccc(C2(CNC(=NC)NCc3ccccc3OC)CCOCC2)cc1.I. The van der Waals surface area contributed by atoms with Crippen molar-refractivity contribution in [2.75, 3.05) is 40.5 Å². The molecular weight excluding hydrogens is 505 g/mol. The molecule has 0 atom stereocenters. The molecule has 170 valence electrons. The number of hydrogen-bond acceptors (Lipinski definition) is 4. The number of hydrogen-bond donors (Lipinski definition) is 2. The van der Waals surface area contributed by atoms with Crippen molar-refractivity contribution in [2.45, 2.75) is 31.7 Å². The summed E-state index contributed by atoms with van der Waals surface area (Å²) in [4.78, 5) is 4.41. The maximum Gasteiger partial charge on any atom is 0.191 e. The second-order valence-electron chi connectivity index (χ2n) is 7.44. The first-order valence-corrected chi connectivity index (χ1v) is 10.6. The summed E-state index contributed by atoms with van der Waals surface area (Å²) in [5.74, 6) is 2.55. The molecule has 3 rings (SSSR count). The van der Waals surface area contributed by atoms with Gasteiger partial charge in [-0.25, -0.2) is 0 Å². The molecule has 2 aromatic rings. The fourth-order valence-corrected chi connectivity index (χ4v) is 3.90. The van der Waals surface area contributed by atoms with Crippen molar-refractivity contribution in [1.29, 1.82) is 0 Å². The highest BCUT2D eigenvalue weighted by Gasteiger charge is 2.34. The molecule has 1 saturated heterocycles. The number of methoxy groups -OCH3 is 1. The molecule has 0 aliphatic carbocycles. The summed E-state index contributed by atoms with van der Waals surface area (Å²) in [6.07, 6.45) is 1.94. The lowest BCUT2D eigenvalue weighted by atomic mass is 9.74. The van der Waals surface area contributed by atoms with E-state index in [2.05, 4.69) is 46.0 Å². The van der Waals surface area contributed by atoms with Crippen molar-refractivity contribution < 1.29 is 14.2 Å². The number of aliphatic imine (C=N–C) groups is 1. The molecular formula is C24H34IN3O3. The van der Waals surface area contributed by atoms with E-state index in [1.165, 1.54) is 5.56 Å². The lowest BCUT2D eigenvalue weighted by Crippen LogP contribution is -2.47. The molecule has 0 radical (unpaired) electrons. The Morgan fingerprint density at radius 1 is 1.06 bits per heavy atom. The van der Waals surface area contributed by atoms with Crippen molar-refractivity contribution in [2.24, 2.45) is 4.99 Å². The van der Waals surface area contributed by atoms with E-state index in [0.717, 1.165) is 55.6 Å². The number of ether oxygens (including phenoxy) is 3. The summed E-state index contributed by atoms with van der Waals surface area (Å²) in [5, 5.41) is 6.94. The van der Waals surface area contributed by atoms with Crippen LogP contribution in [-0.2, 0) is 16.7 Å². The number of nitrogens with one attached hydrogen (secondary N) is 2. The first-order chi connectivity index (χ1) is 14.7. The third kappa shape index (κ3) is 6.74. The van der Waals surface area contributed by atoms with E-state index in [4.69, 9.17) is 14.2 Å². The first kappa shape index (κ1) is 25.3. The van der Waals surface area contributed by atoms with Crippen LogP contribution < -0.4 is 20.1 Å². The smallest absolute Gasteiger partial charge is 0.191 e. The van der Waals surface area contributed by atoms with Crippen LogP contribution in [0.4, 0.5) is 0 Å². The summed E-state index contributed by atoms with van der Waals surface area (Å²) in [6, 6.07) is 16.5. The molecule has 31 heavy (non-hydrogen) atoms. The average Bonchev–Trinajstić information content (AvgIpc) is 2.80. The minimum atomic E-state index is 0. The molecule has 2 N–H and O–H groups in total. The molecule has 7 heteroatoms. The highest BCUT2D eigenvalue weighted by molar-refractivity contribution is 14.0. The van der Waals surface area contributed by atoms with Crippen molar-refractivity contribution in [3.05, 3.63) is 59.7 Å². The Hall–Kier alpha value is -2.00. The van der Waals surface area contributed by atoms with Crippen molar-refractivity contribution in [3.63, 3.8) is 0 Å². The third-order valence-electron chi connectivity index (χ3n) is 5.68. The molecule has 1 aliphatic rings. The fraction of sp³-hybridized carbons (Fsp3) is 0.458. The van der Waals surface area contributed by atoms with E-state index < -0.39 is 0 Å². The summed E-state index contributed by atoms with van der Waals surface area (Å²) in [6.45, 7) is 5.64. The second-order valence-corrected chi connectivity index (χ2v) is 7.44. The van der Waals surface area contributed by atoms with Gasteiger partial charge >= 0.3 is 0 Å². The third-order valence-corrected chi connectivity index (χ3v) is 5.68. The van der Waals surface area contributed by atoms with Gasteiger partial charge in [0.25, 0.3) is 0 Å². The monoisotopic (exact) mass is 539 g/mol.